The van der Waals surface area contributed by atoms with E-state index in [0.717, 1.165) is 15.7 Å². The van der Waals surface area contributed by atoms with Gasteiger partial charge in [-0.3, -0.25) is 9.36 Å². The van der Waals surface area contributed by atoms with Gasteiger partial charge in [-0.1, -0.05) is 64.1 Å². The van der Waals surface area contributed by atoms with Crippen LogP contribution in [0.1, 0.15) is 5.56 Å². The lowest BCUT2D eigenvalue weighted by Crippen LogP contribution is -2.22. The Morgan fingerprint density at radius 1 is 1.17 bits per heavy atom. The summed E-state index contributed by atoms with van der Waals surface area (Å²) in [4.78, 5) is 17.3. The van der Waals surface area contributed by atoms with Gasteiger partial charge in [0.05, 0.1) is 10.9 Å². The number of rotatable bonds is 5. The van der Waals surface area contributed by atoms with Crippen LogP contribution in [-0.4, -0.2) is 9.55 Å². The zero-order valence-corrected chi connectivity index (χ0v) is 14.8. The normalized spacial score (nSPS) is 10.8. The van der Waals surface area contributed by atoms with E-state index in [2.05, 4.69) is 33.6 Å². The monoisotopic (exact) mass is 386 g/mol. The second-order valence-corrected chi connectivity index (χ2v) is 6.79. The van der Waals surface area contributed by atoms with Crippen molar-refractivity contribution in [2.24, 2.45) is 0 Å². The lowest BCUT2D eigenvalue weighted by atomic mass is 10.2. The Bertz CT molecular complexity index is 920. The Balaban J connectivity index is 2.02. The molecule has 1 heterocycles. The molecule has 2 aromatic carbocycles. The van der Waals surface area contributed by atoms with Crippen molar-refractivity contribution in [1.29, 1.82) is 0 Å². The van der Waals surface area contributed by atoms with Crippen molar-refractivity contribution in [3.05, 3.63) is 81.6 Å². The summed E-state index contributed by atoms with van der Waals surface area (Å²) in [7, 11) is 0. The molecule has 0 unspecified atom stereocenters. The summed E-state index contributed by atoms with van der Waals surface area (Å²) in [6, 6.07) is 15.5. The first-order chi connectivity index (χ1) is 11.2. The highest BCUT2D eigenvalue weighted by Crippen LogP contribution is 2.26. The quantitative estimate of drug-likeness (QED) is 0.364. The topological polar surface area (TPSA) is 34.9 Å². The summed E-state index contributed by atoms with van der Waals surface area (Å²) in [5.74, 6) is 0.739. The smallest absolute Gasteiger partial charge is 0.262 e. The number of benzene rings is 2. The third kappa shape index (κ3) is 3.41. The number of fused-ring (bicyclic) bond motifs is 1. The molecule has 0 radical (unpaired) electrons. The van der Waals surface area contributed by atoms with Gasteiger partial charge < -0.3 is 0 Å². The minimum absolute atomic E-state index is 0.0230. The van der Waals surface area contributed by atoms with Crippen LogP contribution < -0.4 is 5.56 Å². The number of thioether (sulfide) groups is 1. The van der Waals surface area contributed by atoms with Gasteiger partial charge in [0.1, 0.15) is 0 Å². The average molecular weight is 387 g/mol. The molecule has 3 nitrogen and oxygen atoms in total. The summed E-state index contributed by atoms with van der Waals surface area (Å²) in [5.41, 5.74) is 1.88. The maximum absolute atomic E-state index is 12.7. The van der Waals surface area contributed by atoms with E-state index >= 15 is 0 Å². The fourth-order valence-corrected chi connectivity index (χ4v) is 3.93. The number of para-hydroxylation sites is 1. The van der Waals surface area contributed by atoms with Gasteiger partial charge in [0.25, 0.3) is 5.56 Å². The molecular weight excluding hydrogens is 372 g/mol. The molecule has 5 heteroatoms. The first kappa shape index (κ1) is 16.0. The van der Waals surface area contributed by atoms with E-state index in [1.54, 1.807) is 22.4 Å². The Labute approximate surface area is 147 Å². The van der Waals surface area contributed by atoms with E-state index in [1.807, 2.05) is 42.5 Å². The maximum Gasteiger partial charge on any atom is 0.262 e. The fraction of sp³-hybridized carbons (Fsp3) is 0.111. The van der Waals surface area contributed by atoms with Crippen molar-refractivity contribution >= 4 is 38.6 Å². The predicted molar refractivity (Wildman–Crippen MR) is 99.9 cm³/mol. The Morgan fingerprint density at radius 2 is 1.91 bits per heavy atom. The molecule has 0 saturated carbocycles. The van der Waals surface area contributed by atoms with Crippen LogP contribution >= 0.6 is 27.7 Å². The highest BCUT2D eigenvalue weighted by molar-refractivity contribution is 9.10. The second kappa shape index (κ2) is 7.15. The van der Waals surface area contributed by atoms with E-state index in [1.165, 1.54) is 5.56 Å². The predicted octanol–water partition coefficient (Wildman–Crippen LogP) is 4.64. The van der Waals surface area contributed by atoms with Crippen molar-refractivity contribution in [3.63, 3.8) is 0 Å². The van der Waals surface area contributed by atoms with Crippen molar-refractivity contribution in [1.82, 2.24) is 9.55 Å². The van der Waals surface area contributed by atoms with Gasteiger partial charge in [0.2, 0.25) is 0 Å². The molecule has 23 heavy (non-hydrogen) atoms. The number of halogens is 1. The molecule has 0 atom stereocenters. The SMILES string of the molecule is C=CCn1c(SCc2ccccc2Br)nc2ccccc2c1=O. The standard InChI is InChI=1S/C18H15BrN2OS/c1-2-11-21-17(22)14-8-4-6-10-16(14)20-18(21)23-12-13-7-3-5-9-15(13)19/h2-10H,1,11-12H2. The lowest BCUT2D eigenvalue weighted by molar-refractivity contribution is 0.671. The molecule has 0 fully saturated rings. The molecule has 0 aliphatic carbocycles. The Hall–Kier alpha value is -1.85. The maximum atomic E-state index is 12.7. The van der Waals surface area contributed by atoms with Gasteiger partial charge >= 0.3 is 0 Å². The second-order valence-electron chi connectivity index (χ2n) is 5.00. The molecule has 0 aliphatic rings. The van der Waals surface area contributed by atoms with Gasteiger partial charge in [0, 0.05) is 16.8 Å². The molecule has 116 valence electrons. The average Bonchev–Trinajstić information content (AvgIpc) is 2.57. The van der Waals surface area contributed by atoms with Gasteiger partial charge in [-0.05, 0) is 23.8 Å². The Kier molecular flexibility index (Phi) is 4.98. The first-order valence-electron chi connectivity index (χ1n) is 7.17. The van der Waals surface area contributed by atoms with Crippen LogP contribution in [0.3, 0.4) is 0 Å². The van der Waals surface area contributed by atoms with Crippen LogP contribution in [0.5, 0.6) is 0 Å². The minimum atomic E-state index is -0.0230. The van der Waals surface area contributed by atoms with Crippen LogP contribution in [0.2, 0.25) is 0 Å². The minimum Gasteiger partial charge on any atom is -0.283 e. The van der Waals surface area contributed by atoms with Crippen LogP contribution in [0.4, 0.5) is 0 Å². The number of aromatic nitrogens is 2. The van der Waals surface area contributed by atoms with E-state index in [-0.39, 0.29) is 5.56 Å². The molecule has 0 spiro atoms. The summed E-state index contributed by atoms with van der Waals surface area (Å²) < 4.78 is 2.74. The van der Waals surface area contributed by atoms with Crippen LogP contribution in [-0.2, 0) is 12.3 Å². The third-order valence-electron chi connectivity index (χ3n) is 3.45. The highest BCUT2D eigenvalue weighted by atomic mass is 79.9. The highest BCUT2D eigenvalue weighted by Gasteiger charge is 2.11. The van der Waals surface area contributed by atoms with Crippen molar-refractivity contribution in [2.45, 2.75) is 17.5 Å². The summed E-state index contributed by atoms with van der Waals surface area (Å²) in [5, 5.41) is 1.35. The zero-order valence-electron chi connectivity index (χ0n) is 12.4. The van der Waals surface area contributed by atoms with Gasteiger partial charge in [-0.2, -0.15) is 0 Å². The molecule has 3 aromatic rings. The number of allylic oxidation sites excluding steroid dienone is 1. The molecular formula is C18H15BrN2OS. The molecule has 0 N–H and O–H groups in total. The van der Waals surface area contributed by atoms with E-state index in [9.17, 15) is 4.79 Å². The van der Waals surface area contributed by atoms with Crippen LogP contribution in [0, 0.1) is 0 Å². The fourth-order valence-electron chi connectivity index (χ4n) is 2.31. The van der Waals surface area contributed by atoms with Gasteiger partial charge in [-0.15, -0.1) is 6.58 Å². The van der Waals surface area contributed by atoms with Crippen LogP contribution in [0.15, 0.2) is 75.6 Å². The van der Waals surface area contributed by atoms with Crippen molar-refractivity contribution < 1.29 is 0 Å². The van der Waals surface area contributed by atoms with Crippen molar-refractivity contribution in [2.75, 3.05) is 0 Å². The number of hydrogen-bond acceptors (Lipinski definition) is 3. The Morgan fingerprint density at radius 3 is 2.70 bits per heavy atom. The third-order valence-corrected chi connectivity index (χ3v) is 5.25. The molecule has 0 bridgehead atoms. The first-order valence-corrected chi connectivity index (χ1v) is 8.95. The van der Waals surface area contributed by atoms with E-state index < -0.39 is 0 Å². The van der Waals surface area contributed by atoms with Gasteiger partial charge in [-0.25, -0.2) is 4.98 Å². The number of hydrogen-bond donors (Lipinski definition) is 0. The molecule has 3 rings (SSSR count). The van der Waals surface area contributed by atoms with Gasteiger partial charge in [0.15, 0.2) is 5.16 Å². The molecule has 1 aromatic heterocycles. The van der Waals surface area contributed by atoms with Crippen LogP contribution in [0.25, 0.3) is 10.9 Å². The molecule has 0 amide bonds. The summed E-state index contributed by atoms with van der Waals surface area (Å²) in [6.07, 6.45) is 1.72. The van der Waals surface area contributed by atoms with E-state index in [4.69, 9.17) is 0 Å². The number of nitrogens with zero attached hydrogens (tertiary/aromatic N) is 2. The largest absolute Gasteiger partial charge is 0.283 e. The molecule has 0 saturated heterocycles. The van der Waals surface area contributed by atoms with E-state index in [0.29, 0.717) is 17.1 Å². The zero-order chi connectivity index (χ0) is 16.2. The summed E-state index contributed by atoms with van der Waals surface area (Å²) >= 11 is 5.11. The van der Waals surface area contributed by atoms with Crippen molar-refractivity contribution in [3.8, 4) is 0 Å². The molecule has 0 aliphatic heterocycles. The lowest BCUT2D eigenvalue weighted by Gasteiger charge is -2.11. The summed E-state index contributed by atoms with van der Waals surface area (Å²) in [6.45, 7) is 4.20.